The molecular weight excluding hydrogens is 222 g/mol. The van der Waals surface area contributed by atoms with E-state index in [1.165, 1.54) is 11.1 Å². The Morgan fingerprint density at radius 3 is 2.78 bits per heavy atom. The molecule has 0 saturated heterocycles. The summed E-state index contributed by atoms with van der Waals surface area (Å²) in [4.78, 5) is 6.81. The molecule has 0 bridgehead atoms. The van der Waals surface area contributed by atoms with Crippen LogP contribution in [0.15, 0.2) is 36.5 Å². The van der Waals surface area contributed by atoms with E-state index in [2.05, 4.69) is 53.3 Å². The first kappa shape index (κ1) is 12.8. The Morgan fingerprint density at radius 1 is 1.17 bits per heavy atom. The number of aromatic nitrogens is 1. The van der Waals surface area contributed by atoms with Crippen LogP contribution in [0.25, 0.3) is 10.9 Å². The van der Waals surface area contributed by atoms with Crippen LogP contribution in [-0.2, 0) is 0 Å². The van der Waals surface area contributed by atoms with Crippen molar-refractivity contribution in [3.63, 3.8) is 0 Å². The highest BCUT2D eigenvalue weighted by Crippen LogP contribution is 2.24. The highest BCUT2D eigenvalue weighted by Gasteiger charge is 2.07. The highest BCUT2D eigenvalue weighted by molar-refractivity contribution is 5.91. The summed E-state index contributed by atoms with van der Waals surface area (Å²) in [6, 6.07) is 10.4. The lowest BCUT2D eigenvalue weighted by Gasteiger charge is -2.24. The van der Waals surface area contributed by atoms with Gasteiger partial charge in [0.05, 0.1) is 5.52 Å². The van der Waals surface area contributed by atoms with Gasteiger partial charge in [0.1, 0.15) is 0 Å². The summed E-state index contributed by atoms with van der Waals surface area (Å²) < 4.78 is 0. The molecule has 1 aromatic carbocycles. The van der Waals surface area contributed by atoms with E-state index in [0.29, 0.717) is 0 Å². The van der Waals surface area contributed by atoms with E-state index in [-0.39, 0.29) is 0 Å². The molecule has 2 aromatic rings. The lowest BCUT2D eigenvalue weighted by atomic mass is 10.1. The van der Waals surface area contributed by atoms with E-state index in [1.807, 2.05) is 12.3 Å². The van der Waals surface area contributed by atoms with Crippen molar-refractivity contribution in [2.24, 2.45) is 0 Å². The van der Waals surface area contributed by atoms with Crippen LogP contribution in [0.1, 0.15) is 13.8 Å². The number of nitrogens with one attached hydrogen (secondary N) is 1. The maximum Gasteiger partial charge on any atom is 0.0722 e. The summed E-state index contributed by atoms with van der Waals surface area (Å²) in [7, 11) is 0. The summed E-state index contributed by atoms with van der Waals surface area (Å²) in [6.45, 7) is 8.41. The standard InChI is InChI=1S/C15H21N3/c1-3-16-11-12-18(4-2)15-9-10-17-14-8-6-5-7-13(14)15/h5-10,16H,3-4,11-12H2,1-2H3. The van der Waals surface area contributed by atoms with Crippen molar-refractivity contribution in [3.8, 4) is 0 Å². The van der Waals surface area contributed by atoms with Crippen molar-refractivity contribution in [3.05, 3.63) is 36.5 Å². The first-order valence-electron chi connectivity index (χ1n) is 6.66. The van der Waals surface area contributed by atoms with Gasteiger partial charge >= 0.3 is 0 Å². The molecule has 0 aliphatic heterocycles. The van der Waals surface area contributed by atoms with Gasteiger partial charge in [-0.25, -0.2) is 0 Å². The summed E-state index contributed by atoms with van der Waals surface area (Å²) >= 11 is 0. The van der Waals surface area contributed by atoms with Gasteiger partial charge in [0.25, 0.3) is 0 Å². The fourth-order valence-corrected chi connectivity index (χ4v) is 2.20. The molecule has 1 heterocycles. The summed E-state index contributed by atoms with van der Waals surface area (Å²) in [5.41, 5.74) is 2.35. The van der Waals surface area contributed by atoms with E-state index in [0.717, 1.165) is 31.7 Å². The normalized spacial score (nSPS) is 10.8. The van der Waals surface area contributed by atoms with Gasteiger partial charge in [0.15, 0.2) is 0 Å². The van der Waals surface area contributed by atoms with Crippen LogP contribution >= 0.6 is 0 Å². The van der Waals surface area contributed by atoms with Gasteiger partial charge in [-0.2, -0.15) is 0 Å². The van der Waals surface area contributed by atoms with Crippen molar-refractivity contribution in [1.29, 1.82) is 0 Å². The zero-order chi connectivity index (χ0) is 12.8. The zero-order valence-corrected chi connectivity index (χ0v) is 11.2. The summed E-state index contributed by atoms with van der Waals surface area (Å²) in [5, 5.41) is 4.61. The molecule has 2 rings (SSSR count). The molecule has 0 radical (unpaired) electrons. The first-order valence-corrected chi connectivity index (χ1v) is 6.66. The fraction of sp³-hybridized carbons (Fsp3) is 0.400. The molecule has 0 aliphatic carbocycles. The first-order chi connectivity index (χ1) is 8.86. The van der Waals surface area contributed by atoms with Crippen molar-refractivity contribution in [2.45, 2.75) is 13.8 Å². The highest BCUT2D eigenvalue weighted by atomic mass is 15.1. The molecule has 1 aromatic heterocycles. The van der Waals surface area contributed by atoms with E-state index in [1.54, 1.807) is 0 Å². The van der Waals surface area contributed by atoms with Crippen LogP contribution in [0, 0.1) is 0 Å². The second-order valence-electron chi connectivity index (χ2n) is 4.28. The number of para-hydroxylation sites is 1. The molecule has 0 fully saturated rings. The van der Waals surface area contributed by atoms with Gasteiger partial charge in [-0.1, -0.05) is 25.1 Å². The van der Waals surface area contributed by atoms with Crippen LogP contribution < -0.4 is 10.2 Å². The smallest absolute Gasteiger partial charge is 0.0722 e. The minimum atomic E-state index is 1.01. The average Bonchev–Trinajstić information content (AvgIpc) is 2.43. The molecule has 96 valence electrons. The monoisotopic (exact) mass is 243 g/mol. The molecule has 0 spiro atoms. The predicted octanol–water partition coefficient (Wildman–Crippen LogP) is 2.67. The Kier molecular flexibility index (Phi) is 4.53. The number of rotatable bonds is 6. The second kappa shape index (κ2) is 6.36. The van der Waals surface area contributed by atoms with E-state index >= 15 is 0 Å². The number of hydrogen-bond donors (Lipinski definition) is 1. The summed E-state index contributed by atoms with van der Waals surface area (Å²) in [5.74, 6) is 0. The van der Waals surface area contributed by atoms with Gasteiger partial charge < -0.3 is 10.2 Å². The predicted molar refractivity (Wildman–Crippen MR) is 78.2 cm³/mol. The quantitative estimate of drug-likeness (QED) is 0.791. The molecule has 1 N–H and O–H groups in total. The maximum absolute atomic E-state index is 4.41. The minimum Gasteiger partial charge on any atom is -0.370 e. The Hall–Kier alpha value is -1.61. The molecule has 3 nitrogen and oxygen atoms in total. The molecule has 0 unspecified atom stereocenters. The Morgan fingerprint density at radius 2 is 2.00 bits per heavy atom. The van der Waals surface area contributed by atoms with Crippen molar-refractivity contribution in [1.82, 2.24) is 10.3 Å². The van der Waals surface area contributed by atoms with Gasteiger partial charge in [0.2, 0.25) is 0 Å². The fourth-order valence-electron chi connectivity index (χ4n) is 2.20. The third-order valence-corrected chi connectivity index (χ3v) is 3.16. The number of benzene rings is 1. The van der Waals surface area contributed by atoms with Crippen molar-refractivity contribution < 1.29 is 0 Å². The number of hydrogen-bond acceptors (Lipinski definition) is 3. The van der Waals surface area contributed by atoms with Crippen molar-refractivity contribution >= 4 is 16.6 Å². The van der Waals surface area contributed by atoms with Gasteiger partial charge in [-0.15, -0.1) is 0 Å². The number of fused-ring (bicyclic) bond motifs is 1. The van der Waals surface area contributed by atoms with Crippen molar-refractivity contribution in [2.75, 3.05) is 31.1 Å². The number of anilines is 1. The molecule has 0 atom stereocenters. The molecule has 3 heteroatoms. The van der Waals surface area contributed by atoms with Crippen LogP contribution in [0.4, 0.5) is 5.69 Å². The van der Waals surface area contributed by atoms with Crippen LogP contribution in [0.5, 0.6) is 0 Å². The third-order valence-electron chi connectivity index (χ3n) is 3.16. The third kappa shape index (κ3) is 2.79. The SMILES string of the molecule is CCNCCN(CC)c1ccnc2ccccc12. The van der Waals surface area contributed by atoms with E-state index in [4.69, 9.17) is 0 Å². The van der Waals surface area contributed by atoms with Crippen LogP contribution in [0.2, 0.25) is 0 Å². The number of nitrogens with zero attached hydrogens (tertiary/aromatic N) is 2. The molecule has 0 saturated carbocycles. The van der Waals surface area contributed by atoms with Crippen LogP contribution in [-0.4, -0.2) is 31.2 Å². The Labute approximate surface area is 109 Å². The lowest BCUT2D eigenvalue weighted by molar-refractivity contribution is 0.689. The van der Waals surface area contributed by atoms with E-state index in [9.17, 15) is 0 Å². The molecule has 18 heavy (non-hydrogen) atoms. The summed E-state index contributed by atoms with van der Waals surface area (Å²) in [6.07, 6.45) is 1.90. The van der Waals surface area contributed by atoms with Gasteiger partial charge in [-0.05, 0) is 25.6 Å². The van der Waals surface area contributed by atoms with Crippen LogP contribution in [0.3, 0.4) is 0 Å². The topological polar surface area (TPSA) is 28.2 Å². The number of likely N-dealkylation sites (N-methyl/N-ethyl adjacent to an activating group) is 2. The minimum absolute atomic E-state index is 1.01. The number of pyridine rings is 1. The van der Waals surface area contributed by atoms with E-state index < -0.39 is 0 Å². The molecule has 0 aliphatic rings. The maximum atomic E-state index is 4.41. The average molecular weight is 243 g/mol. The molecular formula is C15H21N3. The largest absolute Gasteiger partial charge is 0.370 e. The Bertz CT molecular complexity index is 491. The second-order valence-corrected chi connectivity index (χ2v) is 4.28. The lowest BCUT2D eigenvalue weighted by Crippen LogP contribution is -2.32. The zero-order valence-electron chi connectivity index (χ0n) is 11.2. The van der Waals surface area contributed by atoms with Gasteiger partial charge in [-0.3, -0.25) is 4.98 Å². The Balaban J connectivity index is 2.27. The van der Waals surface area contributed by atoms with Gasteiger partial charge in [0, 0.05) is 36.9 Å². The molecule has 0 amide bonds.